The summed E-state index contributed by atoms with van der Waals surface area (Å²) >= 11 is 5.93. The quantitative estimate of drug-likeness (QED) is 0.837. The lowest BCUT2D eigenvalue weighted by Crippen LogP contribution is -2.13. The molecule has 0 heterocycles. The molecule has 0 amide bonds. The Hall–Kier alpha value is -1.52. The molecule has 0 aliphatic rings. The lowest BCUT2D eigenvalue weighted by atomic mass is 9.99. The number of anilines is 1. The summed E-state index contributed by atoms with van der Waals surface area (Å²) in [6.07, 6.45) is 1.02. The van der Waals surface area contributed by atoms with E-state index >= 15 is 0 Å². The number of benzene rings is 2. The van der Waals surface area contributed by atoms with E-state index in [1.165, 1.54) is 0 Å². The first-order chi connectivity index (χ1) is 10.3. The fourth-order valence-electron chi connectivity index (χ4n) is 2.12. The van der Waals surface area contributed by atoms with Crippen molar-refractivity contribution in [1.82, 2.24) is 0 Å². The van der Waals surface area contributed by atoms with Crippen molar-refractivity contribution in [2.75, 3.05) is 4.72 Å². The van der Waals surface area contributed by atoms with E-state index in [9.17, 15) is 8.42 Å². The summed E-state index contributed by atoms with van der Waals surface area (Å²) in [7, 11) is -3.61. The molecular formula is C17H20ClNO2S. The Morgan fingerprint density at radius 2 is 1.77 bits per heavy atom. The summed E-state index contributed by atoms with van der Waals surface area (Å²) in [5, 5.41) is 0.496. The highest BCUT2D eigenvalue weighted by Gasteiger charge is 2.16. The Balaban J connectivity index is 2.28. The molecule has 2 aromatic carbocycles. The predicted molar refractivity (Wildman–Crippen MR) is 92.1 cm³/mol. The molecule has 1 unspecified atom stereocenters. The average molecular weight is 338 g/mol. The summed E-state index contributed by atoms with van der Waals surface area (Å²) in [5.74, 6) is 0.417. The van der Waals surface area contributed by atoms with Crippen LogP contribution in [0.4, 0.5) is 5.69 Å². The summed E-state index contributed by atoms with van der Waals surface area (Å²) < 4.78 is 27.5. The first-order valence-electron chi connectivity index (χ1n) is 7.22. The van der Waals surface area contributed by atoms with E-state index in [1.54, 1.807) is 30.3 Å². The SMILES string of the molecule is CCC(C)c1ccc(S(=O)(=O)Nc2cc(Cl)ccc2C)cc1. The Morgan fingerprint density at radius 3 is 2.36 bits per heavy atom. The minimum atomic E-state index is -3.61. The maximum absolute atomic E-state index is 12.5. The van der Waals surface area contributed by atoms with Gasteiger partial charge < -0.3 is 0 Å². The smallest absolute Gasteiger partial charge is 0.261 e. The molecule has 22 heavy (non-hydrogen) atoms. The molecule has 118 valence electrons. The van der Waals surface area contributed by atoms with Gasteiger partial charge in [-0.05, 0) is 54.7 Å². The van der Waals surface area contributed by atoms with Crippen LogP contribution in [0.1, 0.15) is 37.3 Å². The van der Waals surface area contributed by atoms with Gasteiger partial charge in [0.05, 0.1) is 10.6 Å². The van der Waals surface area contributed by atoms with Gasteiger partial charge in [-0.3, -0.25) is 4.72 Å². The number of hydrogen-bond acceptors (Lipinski definition) is 2. The Bertz CT molecular complexity index is 755. The maximum atomic E-state index is 12.5. The fraction of sp³-hybridized carbons (Fsp3) is 0.294. The van der Waals surface area contributed by atoms with E-state index in [1.807, 2.05) is 19.1 Å². The molecule has 1 atom stereocenters. The van der Waals surface area contributed by atoms with Crippen molar-refractivity contribution in [3.05, 3.63) is 58.6 Å². The minimum Gasteiger partial charge on any atom is -0.279 e. The van der Waals surface area contributed by atoms with Gasteiger partial charge in [-0.1, -0.05) is 43.6 Å². The lowest BCUT2D eigenvalue weighted by molar-refractivity contribution is 0.601. The molecule has 0 saturated carbocycles. The fourth-order valence-corrected chi connectivity index (χ4v) is 3.41. The zero-order chi connectivity index (χ0) is 16.3. The van der Waals surface area contributed by atoms with Crippen molar-refractivity contribution in [2.24, 2.45) is 0 Å². The van der Waals surface area contributed by atoms with E-state index in [0.717, 1.165) is 17.5 Å². The van der Waals surface area contributed by atoms with Gasteiger partial charge in [0.1, 0.15) is 0 Å². The van der Waals surface area contributed by atoms with Gasteiger partial charge in [0.25, 0.3) is 10.0 Å². The second-order valence-corrected chi connectivity index (χ2v) is 7.56. The van der Waals surface area contributed by atoms with Crippen LogP contribution in [0, 0.1) is 6.92 Å². The molecule has 2 rings (SSSR count). The van der Waals surface area contributed by atoms with Crippen LogP contribution < -0.4 is 4.72 Å². The van der Waals surface area contributed by atoms with Gasteiger partial charge in [-0.25, -0.2) is 8.42 Å². The summed E-state index contributed by atoms with van der Waals surface area (Å²) in [6.45, 7) is 6.07. The topological polar surface area (TPSA) is 46.2 Å². The standard InChI is InChI=1S/C17H20ClNO2S/c1-4-12(2)14-6-9-16(10-7-14)22(20,21)19-17-11-15(18)8-5-13(17)3/h5-12,19H,4H2,1-3H3. The van der Waals surface area contributed by atoms with Crippen molar-refractivity contribution < 1.29 is 8.42 Å². The number of sulfonamides is 1. The number of rotatable bonds is 5. The van der Waals surface area contributed by atoms with Crippen LogP contribution in [0.5, 0.6) is 0 Å². The number of halogens is 1. The van der Waals surface area contributed by atoms with Crippen molar-refractivity contribution in [3.63, 3.8) is 0 Å². The van der Waals surface area contributed by atoms with E-state index in [-0.39, 0.29) is 4.90 Å². The molecule has 0 spiro atoms. The molecule has 2 aromatic rings. The third kappa shape index (κ3) is 3.81. The lowest BCUT2D eigenvalue weighted by Gasteiger charge is -2.13. The molecule has 0 bridgehead atoms. The average Bonchev–Trinajstić information content (AvgIpc) is 2.50. The number of aryl methyl sites for hydroxylation is 1. The van der Waals surface area contributed by atoms with Crippen molar-refractivity contribution in [2.45, 2.75) is 38.0 Å². The summed E-state index contributed by atoms with van der Waals surface area (Å²) in [5.41, 5.74) is 2.46. The highest BCUT2D eigenvalue weighted by atomic mass is 35.5. The zero-order valence-electron chi connectivity index (χ0n) is 12.9. The van der Waals surface area contributed by atoms with Crippen LogP contribution in [0.25, 0.3) is 0 Å². The monoisotopic (exact) mass is 337 g/mol. The van der Waals surface area contributed by atoms with Gasteiger partial charge in [-0.15, -0.1) is 0 Å². The van der Waals surface area contributed by atoms with Gasteiger partial charge >= 0.3 is 0 Å². The van der Waals surface area contributed by atoms with Gasteiger partial charge in [0, 0.05) is 5.02 Å². The van der Waals surface area contributed by atoms with E-state index in [4.69, 9.17) is 11.6 Å². The molecule has 5 heteroatoms. The molecule has 0 radical (unpaired) electrons. The van der Waals surface area contributed by atoms with Crippen LogP contribution in [0.15, 0.2) is 47.4 Å². The van der Waals surface area contributed by atoms with Gasteiger partial charge in [0.15, 0.2) is 0 Å². The normalized spacial score (nSPS) is 12.9. The van der Waals surface area contributed by atoms with Gasteiger partial charge in [-0.2, -0.15) is 0 Å². The van der Waals surface area contributed by atoms with E-state index < -0.39 is 10.0 Å². The van der Waals surface area contributed by atoms with Crippen molar-refractivity contribution >= 4 is 27.3 Å². The second-order valence-electron chi connectivity index (χ2n) is 5.44. The van der Waals surface area contributed by atoms with Crippen LogP contribution in [-0.2, 0) is 10.0 Å². The minimum absolute atomic E-state index is 0.249. The first-order valence-corrected chi connectivity index (χ1v) is 9.08. The third-order valence-electron chi connectivity index (χ3n) is 3.82. The molecule has 0 aromatic heterocycles. The first kappa shape index (κ1) is 16.8. The van der Waals surface area contributed by atoms with E-state index in [0.29, 0.717) is 16.6 Å². The third-order valence-corrected chi connectivity index (χ3v) is 5.43. The van der Waals surface area contributed by atoms with Crippen LogP contribution in [-0.4, -0.2) is 8.42 Å². The molecule has 0 aliphatic carbocycles. The van der Waals surface area contributed by atoms with Crippen LogP contribution in [0.2, 0.25) is 5.02 Å². The Kier molecular flexibility index (Phi) is 5.14. The largest absolute Gasteiger partial charge is 0.279 e. The number of nitrogens with one attached hydrogen (secondary N) is 1. The highest BCUT2D eigenvalue weighted by molar-refractivity contribution is 7.92. The van der Waals surface area contributed by atoms with Crippen LogP contribution >= 0.6 is 11.6 Å². The molecular weight excluding hydrogens is 318 g/mol. The summed E-state index contributed by atoms with van der Waals surface area (Å²) in [6, 6.07) is 12.2. The molecule has 0 fully saturated rings. The number of hydrogen-bond donors (Lipinski definition) is 1. The molecule has 0 saturated heterocycles. The molecule has 3 nitrogen and oxygen atoms in total. The summed E-state index contributed by atoms with van der Waals surface area (Å²) in [4.78, 5) is 0.249. The van der Waals surface area contributed by atoms with Crippen molar-refractivity contribution in [3.8, 4) is 0 Å². The van der Waals surface area contributed by atoms with Crippen molar-refractivity contribution in [1.29, 1.82) is 0 Å². The van der Waals surface area contributed by atoms with E-state index in [2.05, 4.69) is 18.6 Å². The van der Waals surface area contributed by atoms with Gasteiger partial charge in [0.2, 0.25) is 0 Å². The Morgan fingerprint density at radius 1 is 1.14 bits per heavy atom. The second kappa shape index (κ2) is 6.71. The molecule has 0 aliphatic heterocycles. The highest BCUT2D eigenvalue weighted by Crippen LogP contribution is 2.25. The van der Waals surface area contributed by atoms with Crippen LogP contribution in [0.3, 0.4) is 0 Å². The maximum Gasteiger partial charge on any atom is 0.261 e. The Labute approximate surface area is 137 Å². The molecule has 1 N–H and O–H groups in total. The zero-order valence-corrected chi connectivity index (χ0v) is 14.5. The predicted octanol–water partition coefficient (Wildman–Crippen LogP) is 4.96.